The molecule has 0 unspecified atom stereocenters. The molecule has 103 heavy (non-hydrogen) atoms. The first-order valence-electron chi connectivity index (χ1n) is 34.8. The van der Waals surface area contributed by atoms with Crippen molar-refractivity contribution in [1.29, 1.82) is 0 Å². The van der Waals surface area contributed by atoms with Crippen molar-refractivity contribution in [2.75, 3.05) is 0 Å². The number of para-hydroxylation sites is 12. The van der Waals surface area contributed by atoms with Gasteiger partial charge in [0.15, 0.2) is 0 Å². The minimum atomic E-state index is 0.853. The number of nitrogens with zero attached hydrogens (tertiary/aromatic N) is 8. The molecular weight excluding hydrogens is 1270 g/mol. The first-order chi connectivity index (χ1) is 51.0. The quantitative estimate of drug-likeness (QED) is 0.165. The van der Waals surface area contributed by atoms with Gasteiger partial charge in [-0.1, -0.05) is 152 Å². The molecule has 0 aliphatic rings. The highest BCUT2D eigenvalue weighted by Crippen LogP contribution is 2.43. The summed E-state index contributed by atoms with van der Waals surface area (Å²) in [6.45, 7) is 0. The van der Waals surface area contributed by atoms with Gasteiger partial charge in [0.1, 0.15) is 33.5 Å². The zero-order valence-electron chi connectivity index (χ0n) is 55.0. The Balaban J connectivity index is 0.000000128. The summed E-state index contributed by atoms with van der Waals surface area (Å²) in [6, 6.07) is 116. The van der Waals surface area contributed by atoms with E-state index in [1.54, 1.807) is 0 Å². The van der Waals surface area contributed by atoms with Crippen molar-refractivity contribution >= 4 is 165 Å². The van der Waals surface area contributed by atoms with E-state index in [2.05, 4.69) is 343 Å². The number of furan rings is 3. The highest BCUT2D eigenvalue weighted by atomic mass is 16.3. The van der Waals surface area contributed by atoms with Crippen molar-refractivity contribution in [2.45, 2.75) is 0 Å². The third-order valence-corrected chi connectivity index (χ3v) is 21.3. The van der Waals surface area contributed by atoms with E-state index in [4.69, 9.17) is 23.2 Å². The SMILES string of the molecule is c1cc(-c2ccc3oc4ccc(-n5c6ccccc6c6ccccc65)cc4c3c2)cc(-n2c3ccccc3n3c4ccccc4nc23)c1.c1ccc2c(c1)nc1n(-c3ccc4oc5ccc(-c6ccc7oc8ccc(-n9c%10ccccc%10c%10ccccc%109)cc8c7c6)cc5c4c3)c3ccccc3n21. The molecule has 0 aliphatic heterocycles. The van der Waals surface area contributed by atoms with Crippen LogP contribution in [0.4, 0.5) is 0 Å². The molecule has 0 amide bonds. The van der Waals surface area contributed by atoms with Crippen molar-refractivity contribution in [3.63, 3.8) is 0 Å². The van der Waals surface area contributed by atoms with Crippen molar-refractivity contribution in [2.24, 2.45) is 0 Å². The molecule has 11 nitrogen and oxygen atoms in total. The zero-order chi connectivity index (χ0) is 67.1. The van der Waals surface area contributed by atoms with Gasteiger partial charge in [-0.3, -0.25) is 17.9 Å². The van der Waals surface area contributed by atoms with Crippen LogP contribution in [0, 0.1) is 0 Å². The third kappa shape index (κ3) is 8.15. The van der Waals surface area contributed by atoms with Crippen LogP contribution in [0.15, 0.2) is 341 Å². The maximum atomic E-state index is 6.42. The van der Waals surface area contributed by atoms with Crippen LogP contribution < -0.4 is 0 Å². The second-order valence-corrected chi connectivity index (χ2v) is 26.9. The van der Waals surface area contributed by atoms with Gasteiger partial charge in [0.25, 0.3) is 0 Å². The van der Waals surface area contributed by atoms with Crippen molar-refractivity contribution < 1.29 is 13.3 Å². The van der Waals surface area contributed by atoms with E-state index >= 15 is 0 Å². The second-order valence-electron chi connectivity index (χ2n) is 26.9. The van der Waals surface area contributed by atoms with Crippen LogP contribution in [-0.2, 0) is 0 Å². The van der Waals surface area contributed by atoms with E-state index in [-0.39, 0.29) is 0 Å². The third-order valence-electron chi connectivity index (χ3n) is 21.3. The molecule has 0 saturated carbocycles. The molecule has 9 aromatic heterocycles. The average Bonchev–Trinajstić information content (AvgIpc) is 1.57. The first-order valence-corrected chi connectivity index (χ1v) is 34.8. The molecule has 0 atom stereocenters. The van der Waals surface area contributed by atoms with E-state index in [0.717, 1.165) is 167 Å². The Morgan fingerprint density at radius 2 is 0.466 bits per heavy atom. The van der Waals surface area contributed by atoms with Gasteiger partial charge in [0, 0.05) is 70.9 Å². The van der Waals surface area contributed by atoms with Crippen molar-refractivity contribution in [3.05, 3.63) is 328 Å². The number of fused-ring (bicyclic) bond motifs is 25. The molecule has 15 aromatic carbocycles. The highest BCUT2D eigenvalue weighted by Gasteiger charge is 2.23. The largest absolute Gasteiger partial charge is 0.456 e. The van der Waals surface area contributed by atoms with E-state index in [1.807, 2.05) is 12.1 Å². The molecule has 24 rings (SSSR count). The Morgan fingerprint density at radius 1 is 0.184 bits per heavy atom. The number of aromatic nitrogens is 8. The Labute approximate surface area is 584 Å². The summed E-state index contributed by atoms with van der Waals surface area (Å²) >= 11 is 0. The minimum absolute atomic E-state index is 0.853. The molecule has 0 bridgehead atoms. The van der Waals surface area contributed by atoms with Gasteiger partial charge >= 0.3 is 0 Å². The summed E-state index contributed by atoms with van der Waals surface area (Å²) in [5.41, 5.74) is 27.5. The van der Waals surface area contributed by atoms with E-state index in [1.165, 1.54) is 43.6 Å². The van der Waals surface area contributed by atoms with Gasteiger partial charge < -0.3 is 22.4 Å². The summed E-state index contributed by atoms with van der Waals surface area (Å²) in [6.07, 6.45) is 0. The normalized spacial score (nSPS) is 12.3. The molecular formula is C92H54N8O3. The fraction of sp³-hybridized carbons (Fsp3) is 0. The van der Waals surface area contributed by atoms with Gasteiger partial charge in [-0.25, -0.2) is 9.97 Å². The molecule has 24 aromatic rings. The Bertz CT molecular complexity index is 7620. The monoisotopic (exact) mass is 1320 g/mol. The number of hydrogen-bond acceptors (Lipinski definition) is 5. The second kappa shape index (κ2) is 21.2. The summed E-state index contributed by atoms with van der Waals surface area (Å²) in [5, 5.41) is 11.5. The molecule has 9 heterocycles. The van der Waals surface area contributed by atoms with Gasteiger partial charge in [-0.15, -0.1) is 0 Å². The van der Waals surface area contributed by atoms with E-state index in [0.29, 0.717) is 0 Å². The summed E-state index contributed by atoms with van der Waals surface area (Å²) in [7, 11) is 0. The fourth-order valence-corrected chi connectivity index (χ4v) is 16.7. The van der Waals surface area contributed by atoms with Crippen molar-refractivity contribution in [1.82, 2.24) is 37.0 Å². The molecule has 0 fully saturated rings. The highest BCUT2D eigenvalue weighted by molar-refractivity contribution is 6.14. The van der Waals surface area contributed by atoms with Crippen LogP contribution in [-0.4, -0.2) is 37.0 Å². The topological polar surface area (TPSA) is 93.7 Å². The van der Waals surface area contributed by atoms with Crippen molar-refractivity contribution in [3.8, 4) is 45.0 Å². The number of benzene rings is 15. The van der Waals surface area contributed by atoms with Crippen LogP contribution in [0.3, 0.4) is 0 Å². The van der Waals surface area contributed by atoms with Crippen LogP contribution in [0.2, 0.25) is 0 Å². The Hall–Kier alpha value is -14.2. The van der Waals surface area contributed by atoms with E-state index < -0.39 is 0 Å². The van der Waals surface area contributed by atoms with Gasteiger partial charge in [0.05, 0.1) is 71.9 Å². The smallest absolute Gasteiger partial charge is 0.220 e. The predicted molar refractivity (Wildman–Crippen MR) is 420 cm³/mol. The molecule has 480 valence electrons. The maximum Gasteiger partial charge on any atom is 0.220 e. The van der Waals surface area contributed by atoms with Crippen LogP contribution in [0.1, 0.15) is 0 Å². The van der Waals surface area contributed by atoms with Crippen LogP contribution in [0.5, 0.6) is 0 Å². The lowest BCUT2D eigenvalue weighted by Crippen LogP contribution is -1.95. The number of hydrogen-bond donors (Lipinski definition) is 0. The first kappa shape index (κ1) is 55.8. The fourth-order valence-electron chi connectivity index (χ4n) is 16.7. The minimum Gasteiger partial charge on any atom is -0.456 e. The summed E-state index contributed by atoms with van der Waals surface area (Å²) in [4.78, 5) is 10.2. The van der Waals surface area contributed by atoms with E-state index in [9.17, 15) is 0 Å². The Kier molecular flexibility index (Phi) is 11.5. The standard InChI is InChI=1S/C49H28N4O2.C43H26N4O/c1-4-12-40-33(9-1)34-10-2-5-13-41(34)51(40)31-19-23-47-37(27-31)35-25-29(17-21-45(35)54-47)30-18-22-46-36(26-30)38-28-32(20-24-48(38)55-46)52-43-15-7-8-16-44(43)53-42-14-6-3-11-39(42)50-49(52)53;1-4-15-36-31(12-1)32-13-2-5-16-37(32)45(36)30-21-23-42-34(26-30)33-25-28(20-22-41(33)48-42)27-10-9-11-29(24-27)46-39-18-7-8-19-40(39)47-38-17-6-3-14-35(38)44-43(46)47/h1-28H;1-26H. The number of rotatable bonds is 6. The van der Waals surface area contributed by atoms with Crippen LogP contribution in [0.25, 0.3) is 210 Å². The molecule has 0 radical (unpaired) electrons. The lowest BCUT2D eigenvalue weighted by atomic mass is 10.0. The molecule has 0 N–H and O–H groups in total. The number of imidazole rings is 4. The van der Waals surface area contributed by atoms with Gasteiger partial charge in [0.2, 0.25) is 11.6 Å². The lowest BCUT2D eigenvalue weighted by molar-refractivity contribution is 0.668. The molecule has 0 saturated heterocycles. The predicted octanol–water partition coefficient (Wildman–Crippen LogP) is 24.1. The molecule has 0 aliphatic carbocycles. The molecule has 11 heteroatoms. The van der Waals surface area contributed by atoms with Crippen LogP contribution >= 0.6 is 0 Å². The zero-order valence-corrected chi connectivity index (χ0v) is 55.0. The van der Waals surface area contributed by atoms with Gasteiger partial charge in [-0.05, 0) is 198 Å². The Morgan fingerprint density at radius 3 is 0.845 bits per heavy atom. The average molecular weight is 1320 g/mol. The van der Waals surface area contributed by atoms with Gasteiger partial charge in [-0.2, -0.15) is 0 Å². The lowest BCUT2D eigenvalue weighted by Gasteiger charge is -2.09. The summed E-state index contributed by atoms with van der Waals surface area (Å²) < 4.78 is 32.9. The summed E-state index contributed by atoms with van der Waals surface area (Å²) in [5.74, 6) is 1.79. The maximum absolute atomic E-state index is 6.42. The molecule has 0 spiro atoms.